The topological polar surface area (TPSA) is 67.2 Å². The smallest absolute Gasteiger partial charge is 0.276 e. The number of rotatable bonds is 4. The Bertz CT molecular complexity index is 965. The van der Waals surface area contributed by atoms with Gasteiger partial charge in [-0.15, -0.1) is 0 Å². The monoisotopic (exact) mass is 352 g/mol. The Morgan fingerprint density at radius 3 is 2.58 bits per heavy atom. The highest BCUT2D eigenvalue weighted by Gasteiger charge is 2.13. The molecule has 26 heavy (non-hydrogen) atoms. The van der Waals surface area contributed by atoms with E-state index in [4.69, 9.17) is 0 Å². The summed E-state index contributed by atoms with van der Waals surface area (Å²) in [7, 11) is 3.32. The number of anilines is 1. The van der Waals surface area contributed by atoms with Crippen molar-refractivity contribution in [1.29, 1.82) is 0 Å². The molecule has 2 aromatic carbocycles. The fourth-order valence-corrected chi connectivity index (χ4v) is 2.39. The van der Waals surface area contributed by atoms with Crippen LogP contribution in [0.1, 0.15) is 20.8 Å². The standard InChI is InChI=1S/C19H17FN4O2/c1-23(2)19(26)13-5-3-7-15(11-13)21-18(25)17-9-10-24(22-17)16-8-4-6-14(20)12-16/h3-12H,1-2H3,(H,21,25). The number of amides is 2. The van der Waals surface area contributed by atoms with E-state index in [1.165, 1.54) is 27.8 Å². The first-order chi connectivity index (χ1) is 12.4. The zero-order chi connectivity index (χ0) is 18.7. The second-order valence-corrected chi connectivity index (χ2v) is 5.86. The van der Waals surface area contributed by atoms with Gasteiger partial charge in [0.25, 0.3) is 11.8 Å². The minimum atomic E-state index is -0.422. The van der Waals surface area contributed by atoms with Gasteiger partial charge in [-0.3, -0.25) is 9.59 Å². The van der Waals surface area contributed by atoms with Crippen LogP contribution < -0.4 is 5.32 Å². The van der Waals surface area contributed by atoms with Crippen molar-refractivity contribution < 1.29 is 14.0 Å². The van der Waals surface area contributed by atoms with Crippen LogP contribution in [0.2, 0.25) is 0 Å². The van der Waals surface area contributed by atoms with Crippen LogP contribution in [0.25, 0.3) is 5.69 Å². The van der Waals surface area contributed by atoms with Gasteiger partial charge in [-0.1, -0.05) is 12.1 Å². The highest BCUT2D eigenvalue weighted by Crippen LogP contribution is 2.14. The van der Waals surface area contributed by atoms with E-state index in [-0.39, 0.29) is 17.4 Å². The zero-order valence-electron chi connectivity index (χ0n) is 14.3. The van der Waals surface area contributed by atoms with Crippen LogP contribution in [0.4, 0.5) is 10.1 Å². The fraction of sp³-hybridized carbons (Fsp3) is 0.105. The van der Waals surface area contributed by atoms with E-state index >= 15 is 0 Å². The molecule has 0 atom stereocenters. The Morgan fingerprint density at radius 2 is 1.85 bits per heavy atom. The molecule has 0 bridgehead atoms. The summed E-state index contributed by atoms with van der Waals surface area (Å²) in [5, 5.41) is 6.88. The summed E-state index contributed by atoms with van der Waals surface area (Å²) in [5.41, 5.74) is 1.65. The second-order valence-electron chi connectivity index (χ2n) is 5.86. The molecule has 1 heterocycles. The van der Waals surface area contributed by atoms with Gasteiger partial charge < -0.3 is 10.2 Å². The molecule has 0 unspecified atom stereocenters. The molecule has 132 valence electrons. The fourth-order valence-electron chi connectivity index (χ4n) is 2.39. The molecule has 3 rings (SSSR count). The molecule has 0 saturated carbocycles. The number of carbonyl (C=O) groups is 2. The van der Waals surface area contributed by atoms with E-state index in [1.54, 1.807) is 56.7 Å². The molecule has 1 aromatic heterocycles. The molecule has 0 spiro atoms. The molecule has 0 fully saturated rings. The number of aromatic nitrogens is 2. The van der Waals surface area contributed by atoms with Gasteiger partial charge in [0.1, 0.15) is 5.82 Å². The van der Waals surface area contributed by atoms with Crippen LogP contribution >= 0.6 is 0 Å². The third-order valence-electron chi connectivity index (χ3n) is 3.67. The number of halogens is 1. The van der Waals surface area contributed by atoms with Gasteiger partial charge in [0.05, 0.1) is 5.69 Å². The maximum atomic E-state index is 13.3. The van der Waals surface area contributed by atoms with E-state index in [9.17, 15) is 14.0 Å². The van der Waals surface area contributed by atoms with Gasteiger partial charge in [-0.2, -0.15) is 5.10 Å². The zero-order valence-corrected chi connectivity index (χ0v) is 14.3. The maximum absolute atomic E-state index is 13.3. The number of hydrogen-bond donors (Lipinski definition) is 1. The first-order valence-electron chi connectivity index (χ1n) is 7.89. The normalized spacial score (nSPS) is 10.4. The molecular formula is C19H17FN4O2. The second kappa shape index (κ2) is 7.18. The molecule has 7 heteroatoms. The molecule has 1 N–H and O–H groups in total. The van der Waals surface area contributed by atoms with Gasteiger partial charge >= 0.3 is 0 Å². The van der Waals surface area contributed by atoms with Gasteiger partial charge in [0.2, 0.25) is 0 Å². The molecule has 6 nitrogen and oxygen atoms in total. The summed E-state index contributed by atoms with van der Waals surface area (Å²) in [6.07, 6.45) is 1.58. The number of nitrogens with one attached hydrogen (secondary N) is 1. The molecule has 0 aliphatic rings. The Balaban J connectivity index is 1.77. The van der Waals surface area contributed by atoms with Crippen molar-refractivity contribution >= 4 is 17.5 Å². The van der Waals surface area contributed by atoms with Crippen LogP contribution in [-0.4, -0.2) is 40.6 Å². The van der Waals surface area contributed by atoms with E-state index in [2.05, 4.69) is 10.4 Å². The Hall–Kier alpha value is -3.48. The minimum absolute atomic E-state index is 0.156. The average Bonchev–Trinajstić information content (AvgIpc) is 3.11. The Labute approximate surface area is 149 Å². The molecule has 3 aromatic rings. The number of hydrogen-bond acceptors (Lipinski definition) is 3. The molecule has 0 radical (unpaired) electrons. The molecule has 0 saturated heterocycles. The Morgan fingerprint density at radius 1 is 1.08 bits per heavy atom. The lowest BCUT2D eigenvalue weighted by atomic mass is 10.2. The van der Waals surface area contributed by atoms with Crippen molar-refractivity contribution in [3.8, 4) is 5.69 Å². The summed E-state index contributed by atoms with van der Waals surface area (Å²) in [6, 6.07) is 14.1. The van der Waals surface area contributed by atoms with Crippen molar-refractivity contribution in [3.63, 3.8) is 0 Å². The molecule has 0 aliphatic heterocycles. The molecule has 0 aliphatic carbocycles. The van der Waals surface area contributed by atoms with Crippen LogP contribution in [0.15, 0.2) is 60.8 Å². The third kappa shape index (κ3) is 3.77. The third-order valence-corrected chi connectivity index (χ3v) is 3.67. The van der Waals surface area contributed by atoms with Crippen molar-refractivity contribution in [3.05, 3.63) is 77.9 Å². The predicted octanol–water partition coefficient (Wildman–Crippen LogP) is 2.97. The first-order valence-corrected chi connectivity index (χ1v) is 7.89. The van der Waals surface area contributed by atoms with Crippen molar-refractivity contribution in [2.75, 3.05) is 19.4 Å². The lowest BCUT2D eigenvalue weighted by Gasteiger charge is -2.11. The first kappa shape index (κ1) is 17.3. The highest BCUT2D eigenvalue weighted by molar-refractivity contribution is 6.03. The van der Waals surface area contributed by atoms with Gasteiger partial charge in [-0.25, -0.2) is 9.07 Å². The van der Waals surface area contributed by atoms with E-state index in [0.29, 0.717) is 16.9 Å². The lowest BCUT2D eigenvalue weighted by molar-refractivity contribution is 0.0827. The lowest BCUT2D eigenvalue weighted by Crippen LogP contribution is -2.22. The van der Waals surface area contributed by atoms with E-state index < -0.39 is 5.91 Å². The van der Waals surface area contributed by atoms with Crippen LogP contribution in [0, 0.1) is 5.82 Å². The largest absolute Gasteiger partial charge is 0.345 e. The minimum Gasteiger partial charge on any atom is -0.345 e. The van der Waals surface area contributed by atoms with Crippen LogP contribution in [0.3, 0.4) is 0 Å². The summed E-state index contributed by atoms with van der Waals surface area (Å²) >= 11 is 0. The Kier molecular flexibility index (Phi) is 4.79. The summed E-state index contributed by atoms with van der Waals surface area (Å²) in [5.74, 6) is -0.961. The van der Waals surface area contributed by atoms with Crippen LogP contribution in [0.5, 0.6) is 0 Å². The maximum Gasteiger partial charge on any atom is 0.276 e. The average molecular weight is 352 g/mol. The van der Waals surface area contributed by atoms with Crippen molar-refractivity contribution in [2.45, 2.75) is 0 Å². The van der Waals surface area contributed by atoms with Crippen LogP contribution in [-0.2, 0) is 0 Å². The highest BCUT2D eigenvalue weighted by atomic mass is 19.1. The number of carbonyl (C=O) groups excluding carboxylic acids is 2. The summed E-state index contributed by atoms with van der Waals surface area (Å²) in [4.78, 5) is 25.9. The van der Waals surface area contributed by atoms with Gasteiger partial charge in [-0.05, 0) is 42.5 Å². The van der Waals surface area contributed by atoms with Crippen molar-refractivity contribution in [2.24, 2.45) is 0 Å². The summed E-state index contributed by atoms with van der Waals surface area (Å²) in [6.45, 7) is 0. The number of nitrogens with zero attached hydrogens (tertiary/aromatic N) is 3. The van der Waals surface area contributed by atoms with Crippen molar-refractivity contribution in [1.82, 2.24) is 14.7 Å². The molecule has 2 amide bonds. The summed E-state index contributed by atoms with van der Waals surface area (Å²) < 4.78 is 14.7. The number of benzene rings is 2. The van der Waals surface area contributed by atoms with Gasteiger partial charge in [0.15, 0.2) is 5.69 Å². The SMILES string of the molecule is CN(C)C(=O)c1cccc(NC(=O)c2ccn(-c3cccc(F)c3)n2)c1. The predicted molar refractivity (Wildman–Crippen MR) is 95.9 cm³/mol. The van der Waals surface area contributed by atoms with Gasteiger partial charge in [0, 0.05) is 31.5 Å². The van der Waals surface area contributed by atoms with E-state index in [1.807, 2.05) is 0 Å². The molecular weight excluding hydrogens is 335 g/mol. The van der Waals surface area contributed by atoms with E-state index in [0.717, 1.165) is 0 Å². The quantitative estimate of drug-likeness (QED) is 0.785.